The summed E-state index contributed by atoms with van der Waals surface area (Å²) in [6.45, 7) is 2.02. The SMILES string of the molecule is CCc1nn2c(=O)cc(CNc3ccc(Cl)c(C(F)(F)F)c3)nc2s1. The summed E-state index contributed by atoms with van der Waals surface area (Å²) in [5.74, 6) is 0. The summed E-state index contributed by atoms with van der Waals surface area (Å²) >= 11 is 6.89. The lowest BCUT2D eigenvalue weighted by molar-refractivity contribution is -0.137. The highest BCUT2D eigenvalue weighted by molar-refractivity contribution is 7.16. The highest BCUT2D eigenvalue weighted by Crippen LogP contribution is 2.36. The van der Waals surface area contributed by atoms with Crippen LogP contribution in [0.15, 0.2) is 29.1 Å². The van der Waals surface area contributed by atoms with E-state index in [0.29, 0.717) is 17.1 Å². The normalized spacial score (nSPS) is 11.9. The fourth-order valence-electron chi connectivity index (χ4n) is 2.17. The van der Waals surface area contributed by atoms with E-state index in [9.17, 15) is 18.0 Å². The molecule has 10 heteroatoms. The number of alkyl halides is 3. The molecule has 1 N–H and O–H groups in total. The Balaban J connectivity index is 1.84. The Morgan fingerprint density at radius 1 is 1.32 bits per heavy atom. The molecule has 132 valence electrons. The van der Waals surface area contributed by atoms with Crippen LogP contribution in [0.2, 0.25) is 5.02 Å². The second kappa shape index (κ2) is 6.64. The van der Waals surface area contributed by atoms with Gasteiger partial charge in [0.25, 0.3) is 5.56 Å². The molecule has 0 bridgehead atoms. The Kier molecular flexibility index (Phi) is 4.70. The van der Waals surface area contributed by atoms with Crippen LogP contribution in [0.5, 0.6) is 0 Å². The molecule has 3 rings (SSSR count). The van der Waals surface area contributed by atoms with E-state index >= 15 is 0 Å². The molecule has 0 aliphatic heterocycles. The number of hydrogen-bond donors (Lipinski definition) is 1. The molecular formula is C15H12ClF3N4OS. The van der Waals surface area contributed by atoms with E-state index in [1.807, 2.05) is 6.92 Å². The van der Waals surface area contributed by atoms with Crippen molar-refractivity contribution in [2.75, 3.05) is 5.32 Å². The summed E-state index contributed by atoms with van der Waals surface area (Å²) in [4.78, 5) is 16.8. The predicted molar refractivity (Wildman–Crippen MR) is 90.3 cm³/mol. The quantitative estimate of drug-likeness (QED) is 0.734. The first-order valence-corrected chi connectivity index (χ1v) is 8.46. The van der Waals surface area contributed by atoms with Gasteiger partial charge in [-0.15, -0.1) is 0 Å². The van der Waals surface area contributed by atoms with Crippen LogP contribution in [-0.4, -0.2) is 14.6 Å². The summed E-state index contributed by atoms with van der Waals surface area (Å²) in [5.41, 5.74) is -0.598. The third-order valence-electron chi connectivity index (χ3n) is 3.39. The van der Waals surface area contributed by atoms with Gasteiger partial charge >= 0.3 is 6.18 Å². The topological polar surface area (TPSA) is 59.3 Å². The number of nitrogens with one attached hydrogen (secondary N) is 1. The molecule has 0 spiro atoms. The van der Waals surface area contributed by atoms with Gasteiger partial charge in [-0.25, -0.2) is 4.98 Å². The van der Waals surface area contributed by atoms with Gasteiger partial charge in [0.05, 0.1) is 22.8 Å². The molecule has 0 aliphatic carbocycles. The smallest absolute Gasteiger partial charge is 0.379 e. The molecule has 0 fully saturated rings. The van der Waals surface area contributed by atoms with Crippen molar-refractivity contribution >= 4 is 33.6 Å². The second-order valence-corrected chi connectivity index (χ2v) is 6.62. The van der Waals surface area contributed by atoms with E-state index in [4.69, 9.17) is 11.6 Å². The molecule has 5 nitrogen and oxygen atoms in total. The van der Waals surface area contributed by atoms with E-state index < -0.39 is 11.7 Å². The average Bonchev–Trinajstić information content (AvgIpc) is 2.97. The zero-order valence-corrected chi connectivity index (χ0v) is 14.5. The lowest BCUT2D eigenvalue weighted by atomic mass is 10.2. The van der Waals surface area contributed by atoms with Crippen LogP contribution < -0.4 is 10.9 Å². The van der Waals surface area contributed by atoms with Gasteiger partial charge in [0, 0.05) is 11.8 Å². The first-order valence-electron chi connectivity index (χ1n) is 7.27. The van der Waals surface area contributed by atoms with Crippen molar-refractivity contribution in [3.63, 3.8) is 0 Å². The van der Waals surface area contributed by atoms with Crippen LogP contribution in [0.3, 0.4) is 0 Å². The number of hydrogen-bond acceptors (Lipinski definition) is 5. The molecular weight excluding hydrogens is 377 g/mol. The molecule has 0 aliphatic rings. The van der Waals surface area contributed by atoms with Gasteiger partial charge in [-0.3, -0.25) is 4.79 Å². The van der Waals surface area contributed by atoms with E-state index in [-0.39, 0.29) is 22.8 Å². The van der Waals surface area contributed by atoms with E-state index in [1.54, 1.807) is 0 Å². The molecule has 0 atom stereocenters. The predicted octanol–water partition coefficient (Wildman–Crippen LogP) is 4.00. The van der Waals surface area contributed by atoms with Gasteiger partial charge in [0.2, 0.25) is 4.96 Å². The molecule has 25 heavy (non-hydrogen) atoms. The van der Waals surface area contributed by atoms with Crippen molar-refractivity contribution in [2.45, 2.75) is 26.1 Å². The third-order valence-corrected chi connectivity index (χ3v) is 4.77. The third kappa shape index (κ3) is 3.77. The number of aromatic nitrogens is 3. The van der Waals surface area contributed by atoms with Crippen LogP contribution in [-0.2, 0) is 19.1 Å². The Bertz CT molecular complexity index is 983. The molecule has 2 aromatic heterocycles. The highest BCUT2D eigenvalue weighted by atomic mass is 35.5. The minimum Gasteiger partial charge on any atom is -0.379 e. The molecule has 0 radical (unpaired) electrons. The number of nitrogens with zero attached hydrogens (tertiary/aromatic N) is 3. The van der Waals surface area contributed by atoms with Gasteiger partial charge in [0.15, 0.2) is 0 Å². The van der Waals surface area contributed by atoms with Crippen molar-refractivity contribution in [3.8, 4) is 0 Å². The summed E-state index contributed by atoms with van der Waals surface area (Å²) in [5, 5.41) is 7.38. The Labute approximate surface area is 149 Å². The summed E-state index contributed by atoms with van der Waals surface area (Å²) in [6, 6.07) is 4.84. The zero-order chi connectivity index (χ0) is 18.2. The van der Waals surface area contributed by atoms with Crippen molar-refractivity contribution in [3.05, 3.63) is 55.9 Å². The first-order chi connectivity index (χ1) is 11.8. The molecule has 1 aromatic carbocycles. The van der Waals surface area contributed by atoms with Crippen molar-refractivity contribution < 1.29 is 13.2 Å². The number of rotatable bonds is 4. The fraction of sp³-hybridized carbons (Fsp3) is 0.267. The van der Waals surface area contributed by atoms with E-state index in [2.05, 4.69) is 15.4 Å². The highest BCUT2D eigenvalue weighted by Gasteiger charge is 2.33. The maximum atomic E-state index is 12.9. The Morgan fingerprint density at radius 3 is 2.76 bits per heavy atom. The summed E-state index contributed by atoms with van der Waals surface area (Å²) < 4.78 is 39.9. The van der Waals surface area contributed by atoms with Gasteiger partial charge in [-0.2, -0.15) is 22.8 Å². The van der Waals surface area contributed by atoms with Crippen LogP contribution in [0.1, 0.15) is 23.2 Å². The lowest BCUT2D eigenvalue weighted by Crippen LogP contribution is -2.17. The molecule has 0 amide bonds. The number of fused-ring (bicyclic) bond motifs is 1. The van der Waals surface area contributed by atoms with Crippen molar-refractivity contribution in [1.82, 2.24) is 14.6 Å². The van der Waals surface area contributed by atoms with Gasteiger partial charge < -0.3 is 5.32 Å². The molecule has 0 saturated heterocycles. The largest absolute Gasteiger partial charge is 0.417 e. The average molecular weight is 389 g/mol. The van der Waals surface area contributed by atoms with Crippen molar-refractivity contribution in [1.29, 1.82) is 0 Å². The molecule has 0 saturated carbocycles. The number of aryl methyl sites for hydroxylation is 1. The van der Waals surface area contributed by atoms with Crippen molar-refractivity contribution in [2.24, 2.45) is 0 Å². The maximum absolute atomic E-state index is 12.9. The van der Waals surface area contributed by atoms with Gasteiger partial charge in [0.1, 0.15) is 5.01 Å². The monoisotopic (exact) mass is 388 g/mol. The van der Waals surface area contributed by atoms with Gasteiger partial charge in [-0.05, 0) is 24.6 Å². The van der Waals surface area contributed by atoms with Crippen LogP contribution in [0.4, 0.5) is 18.9 Å². The number of halogens is 4. The minimum absolute atomic E-state index is 0.101. The number of benzene rings is 1. The first kappa shape index (κ1) is 17.7. The van der Waals surface area contributed by atoms with Crippen LogP contribution in [0, 0.1) is 0 Å². The second-order valence-electron chi connectivity index (χ2n) is 5.18. The number of anilines is 1. The van der Waals surface area contributed by atoms with E-state index in [0.717, 1.165) is 11.1 Å². The molecule has 3 aromatic rings. The standard InChI is InChI=1S/C15H12ClF3N4OS/c1-2-12-22-23-13(24)6-9(21-14(23)25-12)7-20-8-3-4-11(16)10(5-8)15(17,18)19/h3-6,20H,2,7H2,1H3. The fourth-order valence-corrected chi connectivity index (χ4v) is 3.26. The van der Waals surface area contributed by atoms with Gasteiger partial charge in [-0.1, -0.05) is 29.9 Å². The van der Waals surface area contributed by atoms with Crippen LogP contribution in [0.25, 0.3) is 4.96 Å². The van der Waals surface area contributed by atoms with E-state index in [1.165, 1.54) is 34.1 Å². The zero-order valence-electron chi connectivity index (χ0n) is 12.9. The Morgan fingerprint density at radius 2 is 2.08 bits per heavy atom. The summed E-state index contributed by atoms with van der Waals surface area (Å²) in [7, 11) is 0. The Hall–Kier alpha value is -2.13. The lowest BCUT2D eigenvalue weighted by Gasteiger charge is -2.12. The summed E-state index contributed by atoms with van der Waals surface area (Å²) in [6.07, 6.45) is -3.85. The molecule has 0 unspecified atom stereocenters. The minimum atomic E-state index is -4.54. The molecule has 2 heterocycles. The maximum Gasteiger partial charge on any atom is 0.417 e. The van der Waals surface area contributed by atoms with Crippen LogP contribution >= 0.6 is 22.9 Å².